The van der Waals surface area contributed by atoms with Gasteiger partial charge in [0.25, 0.3) is 0 Å². The predicted octanol–water partition coefficient (Wildman–Crippen LogP) is 6.43. The third-order valence-corrected chi connectivity index (χ3v) is 9.49. The molecule has 0 amide bonds. The summed E-state index contributed by atoms with van der Waals surface area (Å²) in [6, 6.07) is 0. The number of hydrogen-bond acceptors (Lipinski definition) is 0. The molecule has 17 heavy (non-hydrogen) atoms. The Balaban J connectivity index is 5.88. The molecule has 0 unspecified atom stereocenters. The standard InChI is InChI=1S/C16H29P/c1-9-13(5)17(14(6)10-2,15(7)11-3)16(8)12-4/h17H,5-12H2,1-4H3. The van der Waals surface area contributed by atoms with Gasteiger partial charge in [0.05, 0.1) is 0 Å². The van der Waals surface area contributed by atoms with Crippen molar-refractivity contribution in [1.29, 1.82) is 0 Å². The number of hydrogen-bond donors (Lipinski definition) is 0. The molecule has 0 aliphatic carbocycles. The van der Waals surface area contributed by atoms with Gasteiger partial charge in [-0.25, -0.2) is 0 Å². The summed E-state index contributed by atoms with van der Waals surface area (Å²) in [5, 5.41) is 5.29. The Bertz CT molecular complexity index is 264. The van der Waals surface area contributed by atoms with Gasteiger partial charge in [0.15, 0.2) is 0 Å². The van der Waals surface area contributed by atoms with E-state index >= 15 is 0 Å². The fourth-order valence-corrected chi connectivity index (χ4v) is 7.68. The summed E-state index contributed by atoms with van der Waals surface area (Å²) in [6.45, 7) is 26.0. The second kappa shape index (κ2) is 6.97. The molecular weight excluding hydrogens is 223 g/mol. The van der Waals surface area contributed by atoms with Gasteiger partial charge in [0, 0.05) is 0 Å². The molecule has 0 heterocycles. The van der Waals surface area contributed by atoms with Crippen molar-refractivity contribution in [2.75, 3.05) is 0 Å². The summed E-state index contributed by atoms with van der Waals surface area (Å²) in [5.74, 6) is 0. The zero-order valence-electron chi connectivity index (χ0n) is 12.2. The van der Waals surface area contributed by atoms with Gasteiger partial charge in [-0.2, -0.15) is 0 Å². The second-order valence-electron chi connectivity index (χ2n) is 4.58. The quantitative estimate of drug-likeness (QED) is 0.436. The fraction of sp³-hybridized carbons (Fsp3) is 0.500. The SMILES string of the molecule is C=C(CC)[PH](C(=C)CC)(C(=C)CC)C(=C)CC. The molecule has 0 nitrogen and oxygen atoms in total. The molecule has 98 valence electrons. The fourth-order valence-electron chi connectivity index (χ4n) is 2.56. The second-order valence-corrected chi connectivity index (χ2v) is 8.91. The molecule has 0 spiro atoms. The zero-order valence-corrected chi connectivity index (χ0v) is 13.2. The van der Waals surface area contributed by atoms with Crippen LogP contribution in [0.2, 0.25) is 0 Å². The van der Waals surface area contributed by atoms with Gasteiger partial charge in [0.1, 0.15) is 0 Å². The van der Waals surface area contributed by atoms with Gasteiger partial charge < -0.3 is 0 Å². The Labute approximate surface area is 109 Å². The summed E-state index contributed by atoms with van der Waals surface area (Å²) in [5.41, 5.74) is 0. The zero-order chi connectivity index (χ0) is 13.6. The Hall–Kier alpha value is -0.610. The molecule has 0 atom stereocenters. The maximum atomic E-state index is 4.33. The molecule has 1 heteroatoms. The first-order valence-electron chi connectivity index (χ1n) is 6.66. The van der Waals surface area contributed by atoms with E-state index in [-0.39, 0.29) is 0 Å². The van der Waals surface area contributed by atoms with E-state index < -0.39 is 7.26 Å². The van der Waals surface area contributed by atoms with Crippen LogP contribution in [-0.2, 0) is 0 Å². The molecule has 0 aromatic carbocycles. The van der Waals surface area contributed by atoms with E-state index in [0.717, 1.165) is 25.7 Å². The van der Waals surface area contributed by atoms with Crippen molar-refractivity contribution in [2.45, 2.75) is 53.4 Å². The Kier molecular flexibility index (Phi) is 6.72. The molecule has 0 saturated carbocycles. The normalized spacial score (nSPS) is 12.0. The number of rotatable bonds is 8. The van der Waals surface area contributed by atoms with Crippen molar-refractivity contribution in [3.8, 4) is 0 Å². The van der Waals surface area contributed by atoms with Gasteiger partial charge in [-0.1, -0.05) is 0 Å². The van der Waals surface area contributed by atoms with Gasteiger partial charge in [-0.05, 0) is 0 Å². The van der Waals surface area contributed by atoms with Crippen LogP contribution in [0.1, 0.15) is 53.4 Å². The Morgan fingerprint density at radius 3 is 0.882 bits per heavy atom. The van der Waals surface area contributed by atoms with Crippen molar-refractivity contribution >= 4 is 7.26 Å². The van der Waals surface area contributed by atoms with E-state index in [1.807, 2.05) is 0 Å². The molecule has 0 fully saturated rings. The van der Waals surface area contributed by atoms with Crippen LogP contribution in [0.3, 0.4) is 0 Å². The topological polar surface area (TPSA) is 0 Å². The molecule has 0 radical (unpaired) electrons. The van der Waals surface area contributed by atoms with E-state index in [4.69, 9.17) is 0 Å². The summed E-state index contributed by atoms with van der Waals surface area (Å²) >= 11 is 0. The monoisotopic (exact) mass is 252 g/mol. The van der Waals surface area contributed by atoms with Crippen LogP contribution in [0.5, 0.6) is 0 Å². The summed E-state index contributed by atoms with van der Waals surface area (Å²) in [7, 11) is -1.99. The van der Waals surface area contributed by atoms with E-state index in [1.165, 1.54) is 21.3 Å². The average Bonchev–Trinajstić information content (AvgIpc) is 2.37. The molecule has 0 aromatic rings. The van der Waals surface area contributed by atoms with E-state index in [9.17, 15) is 0 Å². The first-order valence-corrected chi connectivity index (χ1v) is 8.66. The van der Waals surface area contributed by atoms with Gasteiger partial charge in [-0.15, -0.1) is 0 Å². The van der Waals surface area contributed by atoms with Crippen LogP contribution in [0, 0.1) is 0 Å². The molecule has 0 aromatic heterocycles. The summed E-state index contributed by atoms with van der Waals surface area (Å²) < 4.78 is 0. The summed E-state index contributed by atoms with van der Waals surface area (Å²) in [4.78, 5) is 0. The van der Waals surface area contributed by atoms with Crippen molar-refractivity contribution in [2.24, 2.45) is 0 Å². The van der Waals surface area contributed by atoms with Crippen molar-refractivity contribution in [3.63, 3.8) is 0 Å². The molecular formula is C16H29P. The van der Waals surface area contributed by atoms with Crippen LogP contribution in [0.15, 0.2) is 47.6 Å². The van der Waals surface area contributed by atoms with E-state index in [1.54, 1.807) is 0 Å². The number of allylic oxidation sites excluding steroid dienone is 4. The average molecular weight is 252 g/mol. The van der Waals surface area contributed by atoms with Crippen LogP contribution in [0.25, 0.3) is 0 Å². The van der Waals surface area contributed by atoms with Gasteiger partial charge in [-0.3, -0.25) is 0 Å². The third kappa shape index (κ3) is 2.80. The minimum absolute atomic E-state index is 1.00. The van der Waals surface area contributed by atoms with E-state index in [0.29, 0.717) is 0 Å². The van der Waals surface area contributed by atoms with Crippen molar-refractivity contribution in [3.05, 3.63) is 47.6 Å². The maximum absolute atomic E-state index is 4.33. The van der Waals surface area contributed by atoms with Crippen molar-refractivity contribution in [1.82, 2.24) is 0 Å². The van der Waals surface area contributed by atoms with Gasteiger partial charge >= 0.3 is 108 Å². The molecule has 0 saturated heterocycles. The molecule has 0 N–H and O–H groups in total. The van der Waals surface area contributed by atoms with Crippen molar-refractivity contribution < 1.29 is 0 Å². The molecule has 0 aliphatic heterocycles. The molecule has 0 bridgehead atoms. The first-order chi connectivity index (χ1) is 7.93. The Morgan fingerprint density at radius 1 is 0.588 bits per heavy atom. The predicted molar refractivity (Wildman–Crippen MR) is 86.0 cm³/mol. The van der Waals surface area contributed by atoms with Crippen LogP contribution >= 0.6 is 7.26 Å². The van der Waals surface area contributed by atoms with Gasteiger partial charge in [0.2, 0.25) is 0 Å². The summed E-state index contributed by atoms with van der Waals surface area (Å²) in [6.07, 6.45) is 4.01. The van der Waals surface area contributed by atoms with E-state index in [2.05, 4.69) is 54.0 Å². The van der Waals surface area contributed by atoms with Crippen LogP contribution in [0.4, 0.5) is 0 Å². The molecule has 0 aliphatic rings. The van der Waals surface area contributed by atoms with Crippen LogP contribution < -0.4 is 0 Å². The Morgan fingerprint density at radius 2 is 0.765 bits per heavy atom. The minimum atomic E-state index is -1.99. The van der Waals surface area contributed by atoms with Crippen LogP contribution in [-0.4, -0.2) is 0 Å². The third-order valence-electron chi connectivity index (χ3n) is 3.83. The molecule has 0 rings (SSSR count). The first kappa shape index (κ1) is 16.4.